The molecule has 1 aliphatic rings. The van der Waals surface area contributed by atoms with E-state index in [0.29, 0.717) is 5.41 Å². The third-order valence-corrected chi connectivity index (χ3v) is 6.65. The summed E-state index contributed by atoms with van der Waals surface area (Å²) in [5.74, 6) is 0. The van der Waals surface area contributed by atoms with E-state index in [0.717, 1.165) is 12.7 Å². The maximum Gasteiger partial charge on any atom is 0.152 e. The zero-order valence-electron chi connectivity index (χ0n) is 16.7. The fourth-order valence-electron chi connectivity index (χ4n) is 3.69. The van der Waals surface area contributed by atoms with Gasteiger partial charge in [-0.3, -0.25) is 0 Å². The summed E-state index contributed by atoms with van der Waals surface area (Å²) in [4.78, 5) is 0. The minimum atomic E-state index is 0.278. The van der Waals surface area contributed by atoms with Gasteiger partial charge in [-0.15, -0.1) is 0 Å². The molecule has 0 fully saturated rings. The minimum Gasteiger partial charge on any atom is -0.0872 e. The van der Waals surface area contributed by atoms with Crippen LogP contribution in [-0.4, -0.2) is 7.28 Å². The van der Waals surface area contributed by atoms with Crippen LogP contribution >= 0.6 is 0 Å². The molecule has 0 aliphatic heterocycles. The van der Waals surface area contributed by atoms with Crippen LogP contribution in [0.1, 0.15) is 45.7 Å². The Morgan fingerprint density at radius 1 is 0.769 bits per heavy atom. The van der Waals surface area contributed by atoms with Crippen molar-refractivity contribution in [1.82, 2.24) is 0 Å². The summed E-state index contributed by atoms with van der Waals surface area (Å²) in [7, 11) is 2.42. The first-order valence-corrected chi connectivity index (χ1v) is 9.73. The molecule has 3 aromatic rings. The van der Waals surface area contributed by atoms with Crippen molar-refractivity contribution in [3.63, 3.8) is 0 Å². The van der Waals surface area contributed by atoms with Gasteiger partial charge >= 0.3 is 0 Å². The Kier molecular flexibility index (Phi) is 4.02. The van der Waals surface area contributed by atoms with Crippen LogP contribution in [-0.2, 0) is 6.42 Å². The molecule has 1 heteroatoms. The predicted molar refractivity (Wildman–Crippen MR) is 116 cm³/mol. The van der Waals surface area contributed by atoms with Crippen molar-refractivity contribution in [3.8, 4) is 11.1 Å². The van der Waals surface area contributed by atoms with Crippen LogP contribution in [0.3, 0.4) is 0 Å². The third-order valence-electron chi connectivity index (χ3n) is 6.65. The molecule has 26 heavy (non-hydrogen) atoms. The largest absolute Gasteiger partial charge is 0.152 e. The summed E-state index contributed by atoms with van der Waals surface area (Å²) < 4.78 is 0. The fourth-order valence-corrected chi connectivity index (χ4v) is 3.69. The topological polar surface area (TPSA) is 0 Å². The molecule has 131 valence electrons. The van der Waals surface area contributed by atoms with Gasteiger partial charge in [0, 0.05) is 0 Å². The Balaban J connectivity index is 1.65. The Hall–Kier alpha value is -2.02. The van der Waals surface area contributed by atoms with Crippen molar-refractivity contribution in [2.75, 3.05) is 0 Å². The molecule has 0 N–H and O–H groups in total. The van der Waals surface area contributed by atoms with Crippen LogP contribution < -0.4 is 5.46 Å². The van der Waals surface area contributed by atoms with Gasteiger partial charge in [0.1, 0.15) is 0 Å². The van der Waals surface area contributed by atoms with Gasteiger partial charge in [-0.25, -0.2) is 0 Å². The zero-order valence-corrected chi connectivity index (χ0v) is 16.7. The molecule has 0 atom stereocenters. The molecular weight excluding hydrogens is 311 g/mol. The summed E-state index contributed by atoms with van der Waals surface area (Å²) in [6.07, 6.45) is 2.16. The second kappa shape index (κ2) is 6.01. The highest BCUT2D eigenvalue weighted by Gasteiger charge is 2.32. The van der Waals surface area contributed by atoms with Gasteiger partial charge in [0.15, 0.2) is 7.28 Å². The van der Waals surface area contributed by atoms with Crippen LogP contribution in [0.2, 0.25) is 6.32 Å². The smallest absolute Gasteiger partial charge is 0.0872 e. The average molecular weight is 339 g/mol. The highest BCUT2D eigenvalue weighted by molar-refractivity contribution is 6.53. The van der Waals surface area contributed by atoms with Gasteiger partial charge in [-0.2, -0.15) is 0 Å². The SMILES string of the molecule is CC(C)(C)C(C)(C)C[B]c1ccc2c(c1)-c1cc3ccccc3cc1C2. The molecular formula is C25H28B. The van der Waals surface area contributed by atoms with Crippen LogP contribution in [0.5, 0.6) is 0 Å². The summed E-state index contributed by atoms with van der Waals surface area (Å²) >= 11 is 0. The van der Waals surface area contributed by atoms with Crippen molar-refractivity contribution in [2.24, 2.45) is 10.8 Å². The zero-order chi connectivity index (χ0) is 18.5. The van der Waals surface area contributed by atoms with E-state index in [-0.39, 0.29) is 5.41 Å². The quantitative estimate of drug-likeness (QED) is 0.388. The second-order valence-corrected chi connectivity index (χ2v) is 9.49. The summed E-state index contributed by atoms with van der Waals surface area (Å²) in [6.45, 7) is 11.8. The first-order valence-electron chi connectivity index (χ1n) is 9.73. The Bertz CT molecular complexity index is 973. The predicted octanol–water partition coefficient (Wildman–Crippen LogP) is 6.23. The normalized spacial score (nSPS) is 13.6. The lowest BCUT2D eigenvalue weighted by molar-refractivity contribution is 0.157. The lowest BCUT2D eigenvalue weighted by atomic mass is 9.53. The van der Waals surface area contributed by atoms with Crippen molar-refractivity contribution in [2.45, 2.75) is 47.4 Å². The molecule has 0 aromatic heterocycles. The van der Waals surface area contributed by atoms with E-state index in [1.54, 1.807) is 0 Å². The van der Waals surface area contributed by atoms with Crippen LogP contribution in [0.25, 0.3) is 21.9 Å². The van der Waals surface area contributed by atoms with Gasteiger partial charge in [0.25, 0.3) is 0 Å². The average Bonchev–Trinajstić information content (AvgIpc) is 2.94. The Labute approximate surface area is 158 Å². The van der Waals surface area contributed by atoms with Crippen molar-refractivity contribution < 1.29 is 0 Å². The molecule has 0 saturated heterocycles. The lowest BCUT2D eigenvalue weighted by Crippen LogP contribution is -2.33. The van der Waals surface area contributed by atoms with Gasteiger partial charge in [-0.1, -0.05) is 94.9 Å². The van der Waals surface area contributed by atoms with Gasteiger partial charge in [0.05, 0.1) is 0 Å². The molecule has 1 aliphatic carbocycles. The van der Waals surface area contributed by atoms with E-state index in [2.05, 4.69) is 96.5 Å². The standard InChI is InChI=1S/C25H28B/c1-24(2,3)25(4,5)16-26-21-11-10-19-13-20-12-17-8-6-7-9-18(17)14-22(20)23(19)15-21/h6-12,14-15H,13,16H2,1-5H3. The molecule has 0 spiro atoms. The summed E-state index contributed by atoms with van der Waals surface area (Å²) in [5.41, 5.74) is 7.69. The maximum absolute atomic E-state index is 2.42. The number of fused-ring (bicyclic) bond motifs is 4. The molecule has 0 saturated carbocycles. The monoisotopic (exact) mass is 339 g/mol. The Morgan fingerprint density at radius 3 is 2.12 bits per heavy atom. The molecule has 4 rings (SSSR count). The third kappa shape index (κ3) is 2.98. The molecule has 3 aromatic carbocycles. The van der Waals surface area contributed by atoms with E-state index in [9.17, 15) is 0 Å². The van der Waals surface area contributed by atoms with Crippen LogP contribution in [0, 0.1) is 10.8 Å². The van der Waals surface area contributed by atoms with Crippen LogP contribution in [0.4, 0.5) is 0 Å². The minimum absolute atomic E-state index is 0.278. The first kappa shape index (κ1) is 17.4. The van der Waals surface area contributed by atoms with Crippen LogP contribution in [0.15, 0.2) is 54.6 Å². The number of benzene rings is 3. The summed E-state index contributed by atoms with van der Waals surface area (Å²) in [5, 5.41) is 2.68. The van der Waals surface area contributed by atoms with Gasteiger partial charge in [0.2, 0.25) is 0 Å². The molecule has 0 unspecified atom stereocenters. The van der Waals surface area contributed by atoms with Crippen molar-refractivity contribution in [1.29, 1.82) is 0 Å². The molecule has 0 bridgehead atoms. The molecule has 0 heterocycles. The van der Waals surface area contributed by atoms with Gasteiger partial charge in [-0.05, 0) is 56.3 Å². The highest BCUT2D eigenvalue weighted by Crippen LogP contribution is 2.41. The number of hydrogen-bond acceptors (Lipinski definition) is 0. The highest BCUT2D eigenvalue weighted by atomic mass is 14.3. The molecule has 0 amide bonds. The number of rotatable bonds is 3. The van der Waals surface area contributed by atoms with E-state index in [1.165, 1.54) is 38.5 Å². The lowest BCUT2D eigenvalue weighted by Gasteiger charge is -2.39. The van der Waals surface area contributed by atoms with E-state index < -0.39 is 0 Å². The maximum atomic E-state index is 2.42. The van der Waals surface area contributed by atoms with Gasteiger partial charge < -0.3 is 0 Å². The molecule has 1 radical (unpaired) electrons. The first-order chi connectivity index (χ1) is 12.2. The van der Waals surface area contributed by atoms with E-state index in [1.807, 2.05) is 0 Å². The second-order valence-electron chi connectivity index (χ2n) is 9.49. The Morgan fingerprint density at radius 2 is 1.42 bits per heavy atom. The van der Waals surface area contributed by atoms with Crippen molar-refractivity contribution in [3.05, 3.63) is 65.7 Å². The van der Waals surface area contributed by atoms with E-state index >= 15 is 0 Å². The summed E-state index contributed by atoms with van der Waals surface area (Å²) in [6, 6.07) is 20.5. The molecule has 0 nitrogen and oxygen atoms in total. The fraction of sp³-hybridized carbons (Fsp3) is 0.360. The van der Waals surface area contributed by atoms with Crippen molar-refractivity contribution >= 4 is 23.5 Å². The number of hydrogen-bond donors (Lipinski definition) is 0. The van der Waals surface area contributed by atoms with E-state index in [4.69, 9.17) is 0 Å².